The van der Waals surface area contributed by atoms with Crippen molar-refractivity contribution in [1.29, 1.82) is 0 Å². The zero-order valence-electron chi connectivity index (χ0n) is 12.1. The zero-order chi connectivity index (χ0) is 16.6. The Balaban J connectivity index is 2.08. The first kappa shape index (κ1) is 17.9. The number of hydrogen-bond donors (Lipinski definition) is 8. The lowest BCUT2D eigenvalue weighted by Gasteiger charge is -2.45. The molecule has 0 aromatic carbocycles. The zero-order valence-corrected chi connectivity index (χ0v) is 12.1. The number of hydrogen-bond acceptors (Lipinski definition) is 10. The van der Waals surface area contributed by atoms with E-state index in [0.717, 1.165) is 0 Å². The lowest BCUT2D eigenvalue weighted by atomic mass is 9.84. The van der Waals surface area contributed by atoms with Gasteiger partial charge < -0.3 is 52.8 Å². The predicted octanol–water partition coefficient (Wildman–Crippen LogP) is -5.12. The second-order valence-electron chi connectivity index (χ2n) is 5.98. The number of ether oxygens (including phenoxy) is 2. The summed E-state index contributed by atoms with van der Waals surface area (Å²) < 4.78 is 11.0. The first-order valence-electron chi connectivity index (χ1n) is 7.28. The quantitative estimate of drug-likeness (QED) is 0.248. The maximum atomic E-state index is 10.1. The van der Waals surface area contributed by atoms with Crippen molar-refractivity contribution in [1.82, 2.24) is 0 Å². The van der Waals surface area contributed by atoms with Crippen molar-refractivity contribution < 1.29 is 29.9 Å². The Morgan fingerprint density at radius 1 is 0.909 bits per heavy atom. The summed E-state index contributed by atoms with van der Waals surface area (Å²) in [4.78, 5) is 0. The largest absolute Gasteiger partial charge is 0.389 e. The molecule has 130 valence electrons. The van der Waals surface area contributed by atoms with Crippen LogP contribution in [0.4, 0.5) is 0 Å². The Morgan fingerprint density at radius 3 is 2.14 bits per heavy atom. The summed E-state index contributed by atoms with van der Waals surface area (Å²) in [5.41, 5.74) is 22.8. The van der Waals surface area contributed by atoms with E-state index in [-0.39, 0.29) is 13.0 Å². The van der Waals surface area contributed by atoms with Crippen LogP contribution in [-0.4, -0.2) is 88.0 Å². The van der Waals surface area contributed by atoms with Crippen LogP contribution in [0.25, 0.3) is 0 Å². The Morgan fingerprint density at radius 2 is 1.55 bits per heavy atom. The van der Waals surface area contributed by atoms with Crippen LogP contribution in [-0.2, 0) is 9.47 Å². The number of rotatable bonds is 3. The Hall–Kier alpha value is -0.400. The lowest BCUT2D eigenvalue weighted by Crippen LogP contribution is -2.67. The fourth-order valence-corrected chi connectivity index (χ4v) is 2.89. The Labute approximate surface area is 128 Å². The summed E-state index contributed by atoms with van der Waals surface area (Å²) in [6.07, 6.45) is -7.73. The van der Waals surface area contributed by atoms with Crippen LogP contribution < -0.4 is 22.9 Å². The molecule has 22 heavy (non-hydrogen) atoms. The molecule has 0 spiro atoms. The molecule has 1 saturated heterocycles. The maximum Gasteiger partial charge on any atom is 0.176 e. The molecule has 0 aromatic rings. The molecule has 1 saturated carbocycles. The number of nitrogens with two attached hydrogens (primary N) is 4. The summed E-state index contributed by atoms with van der Waals surface area (Å²) in [6, 6.07) is -2.34. The van der Waals surface area contributed by atoms with Crippen LogP contribution in [0.1, 0.15) is 6.42 Å². The van der Waals surface area contributed by atoms with Crippen molar-refractivity contribution in [2.75, 3.05) is 6.54 Å². The molecule has 10 heteroatoms. The van der Waals surface area contributed by atoms with Gasteiger partial charge in [0.15, 0.2) is 6.29 Å². The van der Waals surface area contributed by atoms with Gasteiger partial charge in [0.1, 0.15) is 30.5 Å². The molecule has 10 atom stereocenters. The smallest absolute Gasteiger partial charge is 0.176 e. The predicted molar refractivity (Wildman–Crippen MR) is 75.2 cm³/mol. The fraction of sp³-hybridized carbons (Fsp3) is 1.00. The highest BCUT2D eigenvalue weighted by atomic mass is 16.7. The molecule has 1 aliphatic carbocycles. The molecular formula is C12H26N4O6. The van der Waals surface area contributed by atoms with Gasteiger partial charge in [-0.1, -0.05) is 0 Å². The van der Waals surface area contributed by atoms with Crippen molar-refractivity contribution in [2.24, 2.45) is 22.9 Å². The summed E-state index contributed by atoms with van der Waals surface area (Å²) in [5.74, 6) is 0. The van der Waals surface area contributed by atoms with Gasteiger partial charge in [-0.3, -0.25) is 0 Å². The highest BCUT2D eigenvalue weighted by molar-refractivity contribution is 4.99. The van der Waals surface area contributed by atoms with Crippen LogP contribution in [0.3, 0.4) is 0 Å². The third-order valence-electron chi connectivity index (χ3n) is 4.36. The van der Waals surface area contributed by atoms with Crippen molar-refractivity contribution >= 4 is 0 Å². The molecule has 0 aromatic heterocycles. The fourth-order valence-electron chi connectivity index (χ4n) is 2.89. The lowest BCUT2D eigenvalue weighted by molar-refractivity contribution is -0.287. The molecule has 10 nitrogen and oxygen atoms in total. The average molecular weight is 322 g/mol. The van der Waals surface area contributed by atoms with E-state index < -0.39 is 61.0 Å². The molecule has 1 heterocycles. The summed E-state index contributed by atoms with van der Waals surface area (Å²) in [5, 5.41) is 39.6. The van der Waals surface area contributed by atoms with E-state index in [9.17, 15) is 20.4 Å². The third-order valence-corrected chi connectivity index (χ3v) is 4.36. The van der Waals surface area contributed by atoms with Crippen LogP contribution in [0.5, 0.6) is 0 Å². The van der Waals surface area contributed by atoms with E-state index in [0.29, 0.717) is 0 Å². The highest BCUT2D eigenvalue weighted by Crippen LogP contribution is 2.26. The minimum atomic E-state index is -1.31. The maximum absolute atomic E-state index is 10.1. The average Bonchev–Trinajstić information content (AvgIpc) is 2.49. The highest BCUT2D eigenvalue weighted by Gasteiger charge is 2.47. The van der Waals surface area contributed by atoms with E-state index in [2.05, 4.69) is 0 Å². The molecule has 2 fully saturated rings. The van der Waals surface area contributed by atoms with Crippen LogP contribution >= 0.6 is 0 Å². The van der Waals surface area contributed by atoms with E-state index in [1.165, 1.54) is 0 Å². The third kappa shape index (κ3) is 3.26. The van der Waals surface area contributed by atoms with Crippen molar-refractivity contribution in [3.05, 3.63) is 0 Å². The molecular weight excluding hydrogens is 296 g/mol. The second-order valence-corrected chi connectivity index (χ2v) is 5.98. The minimum Gasteiger partial charge on any atom is -0.389 e. The SMILES string of the molecule is NCC1O[C@@H](O[C@H]2C(N)C[C@H](N)C(O)[C@@H]2O)C(N)[C@H](O)[C@H]1O. The molecule has 1 aliphatic heterocycles. The molecule has 2 aliphatic rings. The van der Waals surface area contributed by atoms with E-state index >= 15 is 0 Å². The van der Waals surface area contributed by atoms with Crippen LogP contribution in [0.15, 0.2) is 0 Å². The summed E-state index contributed by atoms with van der Waals surface area (Å²) in [6.45, 7) is -0.0441. The molecule has 12 N–H and O–H groups in total. The second kappa shape index (κ2) is 7.01. The Kier molecular flexibility index (Phi) is 5.72. The molecule has 2 rings (SSSR count). The van der Waals surface area contributed by atoms with Crippen molar-refractivity contribution in [3.63, 3.8) is 0 Å². The van der Waals surface area contributed by atoms with E-state index in [4.69, 9.17) is 32.4 Å². The van der Waals surface area contributed by atoms with Gasteiger partial charge in [0.25, 0.3) is 0 Å². The van der Waals surface area contributed by atoms with Gasteiger partial charge >= 0.3 is 0 Å². The molecule has 0 radical (unpaired) electrons. The monoisotopic (exact) mass is 322 g/mol. The van der Waals surface area contributed by atoms with Gasteiger partial charge in [-0.05, 0) is 6.42 Å². The van der Waals surface area contributed by atoms with Gasteiger partial charge in [0.05, 0.1) is 12.1 Å². The summed E-state index contributed by atoms with van der Waals surface area (Å²) in [7, 11) is 0. The standard InChI is InChI=1S/C12H26N4O6/c13-2-5-8(18)9(19)6(16)12(21-5)22-11-4(15)1-3(14)7(17)10(11)20/h3-12,17-20H,1-2,13-16H2/t3-,4?,5?,6?,7?,8-,9-,10-,11-,12-/m0/s1. The van der Waals surface area contributed by atoms with E-state index in [1.807, 2.05) is 0 Å². The van der Waals surface area contributed by atoms with Gasteiger partial charge in [-0.25, -0.2) is 0 Å². The first-order chi connectivity index (χ1) is 10.3. The van der Waals surface area contributed by atoms with Crippen molar-refractivity contribution in [2.45, 2.75) is 67.5 Å². The minimum absolute atomic E-state index is 0.0441. The topological polar surface area (TPSA) is 203 Å². The number of aliphatic hydroxyl groups is 4. The van der Waals surface area contributed by atoms with Gasteiger partial charge in [-0.15, -0.1) is 0 Å². The van der Waals surface area contributed by atoms with Gasteiger partial charge in [0.2, 0.25) is 0 Å². The van der Waals surface area contributed by atoms with E-state index in [1.54, 1.807) is 0 Å². The molecule has 4 unspecified atom stereocenters. The first-order valence-corrected chi connectivity index (χ1v) is 7.28. The van der Waals surface area contributed by atoms with Crippen LogP contribution in [0.2, 0.25) is 0 Å². The molecule has 0 amide bonds. The van der Waals surface area contributed by atoms with Gasteiger partial charge in [-0.2, -0.15) is 0 Å². The summed E-state index contributed by atoms with van der Waals surface area (Å²) >= 11 is 0. The van der Waals surface area contributed by atoms with Crippen LogP contribution in [0, 0.1) is 0 Å². The number of aliphatic hydroxyl groups excluding tert-OH is 4. The molecule has 0 bridgehead atoms. The normalized spacial score (nSPS) is 53.5. The van der Waals surface area contributed by atoms with Crippen molar-refractivity contribution in [3.8, 4) is 0 Å². The van der Waals surface area contributed by atoms with Gasteiger partial charge in [0, 0.05) is 18.6 Å². The Bertz CT molecular complexity index is 376.